The van der Waals surface area contributed by atoms with Gasteiger partial charge >= 0.3 is 0 Å². The Hall–Kier alpha value is -5.26. The van der Waals surface area contributed by atoms with E-state index in [1.165, 1.54) is 45.9 Å². The molecule has 0 atom stereocenters. The summed E-state index contributed by atoms with van der Waals surface area (Å²) in [7, 11) is 0. The standard InChI is InChI=1S/C38H20N2S2/c39-21-23-14-24(22-40)16-26(15-23)28-17-27(25-12-13-37-34(20-25)32-7-2-3-10-35(32)41-37)18-29(19-28)30-8-5-9-33-31-6-1-4-11-36(31)42-38(30)33/h1-20H. The van der Waals surface area contributed by atoms with Gasteiger partial charge in [-0.2, -0.15) is 10.5 Å². The first-order chi connectivity index (χ1) is 20.7. The minimum absolute atomic E-state index is 0.480. The number of hydrogen-bond donors (Lipinski definition) is 0. The zero-order valence-corrected chi connectivity index (χ0v) is 23.9. The molecule has 0 aliphatic rings. The summed E-state index contributed by atoms with van der Waals surface area (Å²) < 4.78 is 5.08. The van der Waals surface area contributed by atoms with Gasteiger partial charge in [0, 0.05) is 40.3 Å². The van der Waals surface area contributed by atoms with Crippen LogP contribution in [-0.4, -0.2) is 0 Å². The maximum atomic E-state index is 9.69. The lowest BCUT2D eigenvalue weighted by molar-refractivity contribution is 1.44. The van der Waals surface area contributed by atoms with E-state index < -0.39 is 0 Å². The van der Waals surface area contributed by atoms with Gasteiger partial charge in [-0.05, 0) is 94.0 Å². The van der Waals surface area contributed by atoms with Crippen LogP contribution in [0.3, 0.4) is 0 Å². The topological polar surface area (TPSA) is 47.6 Å². The van der Waals surface area contributed by atoms with E-state index in [9.17, 15) is 10.5 Å². The Morgan fingerprint density at radius 3 is 1.71 bits per heavy atom. The fourth-order valence-electron chi connectivity index (χ4n) is 5.92. The van der Waals surface area contributed by atoms with Gasteiger partial charge in [-0.3, -0.25) is 0 Å². The lowest BCUT2D eigenvalue weighted by Gasteiger charge is -2.13. The number of thiophene rings is 2. The van der Waals surface area contributed by atoms with Crippen molar-refractivity contribution in [2.24, 2.45) is 0 Å². The molecular weight excluding hydrogens is 549 g/mol. The molecule has 0 unspecified atom stereocenters. The van der Waals surface area contributed by atoms with Gasteiger partial charge in [0.05, 0.1) is 23.3 Å². The number of fused-ring (bicyclic) bond motifs is 6. The van der Waals surface area contributed by atoms with Crippen molar-refractivity contribution in [2.45, 2.75) is 0 Å². The molecule has 2 nitrogen and oxygen atoms in total. The third kappa shape index (κ3) is 3.98. The summed E-state index contributed by atoms with van der Waals surface area (Å²) in [5.74, 6) is 0. The summed E-state index contributed by atoms with van der Waals surface area (Å²) in [6.07, 6.45) is 0. The summed E-state index contributed by atoms with van der Waals surface area (Å²) in [5, 5.41) is 24.4. The molecule has 8 rings (SSSR count). The molecule has 6 aromatic carbocycles. The first-order valence-corrected chi connectivity index (χ1v) is 15.2. The van der Waals surface area contributed by atoms with Gasteiger partial charge in [0.2, 0.25) is 0 Å². The minimum atomic E-state index is 0.480. The first-order valence-electron chi connectivity index (χ1n) is 13.6. The Labute approximate surface area is 250 Å². The van der Waals surface area contributed by atoms with Gasteiger partial charge in [0.1, 0.15) is 0 Å². The molecule has 0 spiro atoms. The number of nitrogens with zero attached hydrogens (tertiary/aromatic N) is 2. The maximum Gasteiger partial charge on any atom is 0.0992 e. The van der Waals surface area contributed by atoms with Crippen LogP contribution in [0.1, 0.15) is 11.1 Å². The quantitative estimate of drug-likeness (QED) is 0.213. The number of nitriles is 2. The Morgan fingerprint density at radius 2 is 0.976 bits per heavy atom. The van der Waals surface area contributed by atoms with E-state index in [0.29, 0.717) is 11.1 Å². The minimum Gasteiger partial charge on any atom is -0.192 e. The Bertz CT molecular complexity index is 2410. The highest BCUT2D eigenvalue weighted by Crippen LogP contribution is 2.43. The molecule has 0 amide bonds. The third-order valence-electron chi connectivity index (χ3n) is 7.88. The summed E-state index contributed by atoms with van der Waals surface area (Å²) >= 11 is 3.64. The average molecular weight is 569 g/mol. The lowest BCUT2D eigenvalue weighted by Crippen LogP contribution is -1.89. The van der Waals surface area contributed by atoms with Crippen LogP contribution in [0.4, 0.5) is 0 Å². The van der Waals surface area contributed by atoms with Gasteiger partial charge in [-0.1, -0.05) is 60.7 Å². The zero-order chi connectivity index (χ0) is 28.2. The normalized spacial score (nSPS) is 11.3. The maximum absolute atomic E-state index is 9.69. The average Bonchev–Trinajstić information content (AvgIpc) is 3.62. The number of hydrogen-bond acceptors (Lipinski definition) is 4. The molecular formula is C38H20N2S2. The van der Waals surface area contributed by atoms with Gasteiger partial charge in [-0.15, -0.1) is 22.7 Å². The predicted octanol–water partition coefficient (Wildman–Crippen LogP) is 11.2. The highest BCUT2D eigenvalue weighted by atomic mass is 32.1. The van der Waals surface area contributed by atoms with E-state index in [1.807, 2.05) is 34.8 Å². The van der Waals surface area contributed by atoms with Crippen LogP contribution < -0.4 is 0 Å². The molecule has 42 heavy (non-hydrogen) atoms. The Balaban J connectivity index is 1.40. The first kappa shape index (κ1) is 24.5. The molecule has 0 bridgehead atoms. The highest BCUT2D eigenvalue weighted by molar-refractivity contribution is 7.26. The van der Waals surface area contributed by atoms with Crippen LogP contribution in [0.5, 0.6) is 0 Å². The van der Waals surface area contributed by atoms with Crippen molar-refractivity contribution in [3.8, 4) is 45.5 Å². The molecule has 8 aromatic rings. The van der Waals surface area contributed by atoms with Gasteiger partial charge in [0.25, 0.3) is 0 Å². The highest BCUT2D eigenvalue weighted by Gasteiger charge is 2.15. The molecule has 194 valence electrons. The van der Waals surface area contributed by atoms with Crippen molar-refractivity contribution < 1.29 is 0 Å². The molecule has 0 saturated carbocycles. The van der Waals surface area contributed by atoms with E-state index in [4.69, 9.17) is 0 Å². The molecule has 0 aliphatic carbocycles. The Kier molecular flexibility index (Phi) is 5.66. The molecule has 0 saturated heterocycles. The summed E-state index contributed by atoms with van der Waals surface area (Å²) in [4.78, 5) is 0. The second-order valence-electron chi connectivity index (χ2n) is 10.4. The van der Waals surface area contributed by atoms with E-state index in [-0.39, 0.29) is 0 Å². The van der Waals surface area contributed by atoms with Gasteiger partial charge in [-0.25, -0.2) is 0 Å². The monoisotopic (exact) mass is 568 g/mol. The van der Waals surface area contributed by atoms with Crippen LogP contribution in [0.2, 0.25) is 0 Å². The van der Waals surface area contributed by atoms with Gasteiger partial charge < -0.3 is 0 Å². The predicted molar refractivity (Wildman–Crippen MR) is 178 cm³/mol. The van der Waals surface area contributed by atoms with Crippen LogP contribution >= 0.6 is 22.7 Å². The molecule has 2 aromatic heterocycles. The van der Waals surface area contributed by atoms with Gasteiger partial charge in [0.15, 0.2) is 0 Å². The molecule has 0 fully saturated rings. The summed E-state index contributed by atoms with van der Waals surface area (Å²) in [5.41, 5.74) is 7.31. The third-order valence-corrected chi connectivity index (χ3v) is 10.3. The summed E-state index contributed by atoms with van der Waals surface area (Å²) in [6, 6.07) is 46.9. The van der Waals surface area contributed by atoms with E-state index >= 15 is 0 Å². The van der Waals surface area contributed by atoms with Crippen molar-refractivity contribution in [1.82, 2.24) is 0 Å². The lowest BCUT2D eigenvalue weighted by atomic mass is 9.91. The second kappa shape index (κ2) is 9.68. The zero-order valence-electron chi connectivity index (χ0n) is 22.3. The molecule has 0 N–H and O–H groups in total. The Morgan fingerprint density at radius 1 is 0.405 bits per heavy atom. The molecule has 0 radical (unpaired) electrons. The van der Waals surface area contributed by atoms with Crippen molar-refractivity contribution in [1.29, 1.82) is 10.5 Å². The van der Waals surface area contributed by atoms with Crippen molar-refractivity contribution in [2.75, 3.05) is 0 Å². The van der Waals surface area contributed by atoms with Crippen LogP contribution in [0, 0.1) is 22.7 Å². The second-order valence-corrected chi connectivity index (χ2v) is 12.5. The van der Waals surface area contributed by atoms with Crippen LogP contribution in [0.15, 0.2) is 121 Å². The largest absolute Gasteiger partial charge is 0.192 e. The van der Waals surface area contributed by atoms with E-state index in [2.05, 4.69) is 115 Å². The fourth-order valence-corrected chi connectivity index (χ4v) is 8.24. The van der Waals surface area contributed by atoms with Crippen molar-refractivity contribution in [3.05, 3.63) is 132 Å². The van der Waals surface area contributed by atoms with E-state index in [1.54, 1.807) is 6.07 Å². The fraction of sp³-hybridized carbons (Fsp3) is 0. The molecule has 2 heterocycles. The van der Waals surface area contributed by atoms with Crippen molar-refractivity contribution >= 4 is 63.0 Å². The number of benzene rings is 6. The van der Waals surface area contributed by atoms with Crippen molar-refractivity contribution in [3.63, 3.8) is 0 Å². The SMILES string of the molecule is N#Cc1cc(C#N)cc(-c2cc(-c3ccc4sc5ccccc5c4c3)cc(-c3cccc4c3sc3ccccc34)c2)c1. The van der Waals surface area contributed by atoms with E-state index in [0.717, 1.165) is 27.8 Å². The molecule has 0 aliphatic heterocycles. The number of rotatable bonds is 3. The van der Waals surface area contributed by atoms with Crippen LogP contribution in [0.25, 0.3) is 73.7 Å². The smallest absolute Gasteiger partial charge is 0.0992 e. The summed E-state index contributed by atoms with van der Waals surface area (Å²) in [6.45, 7) is 0. The molecule has 4 heteroatoms. The van der Waals surface area contributed by atoms with Crippen LogP contribution in [-0.2, 0) is 0 Å².